The quantitative estimate of drug-likeness (QED) is 0.408. The van der Waals surface area contributed by atoms with Crippen molar-refractivity contribution in [2.24, 2.45) is 0 Å². The van der Waals surface area contributed by atoms with Crippen molar-refractivity contribution < 1.29 is 0 Å². The van der Waals surface area contributed by atoms with E-state index in [9.17, 15) is 0 Å². The Bertz CT molecular complexity index is 329. The molecule has 13 heavy (non-hydrogen) atoms. The van der Waals surface area contributed by atoms with E-state index in [0.717, 1.165) is 0 Å². The van der Waals surface area contributed by atoms with E-state index in [4.69, 9.17) is 0 Å². The maximum absolute atomic E-state index is 2.53. The molecule has 1 nitrogen and oxygen atoms in total. The average Bonchev–Trinajstić information content (AvgIpc) is 2.67. The van der Waals surface area contributed by atoms with Crippen LogP contribution in [0.4, 0.5) is 0 Å². The second-order valence-electron chi connectivity index (χ2n) is 3.22. The lowest BCUT2D eigenvalue weighted by Crippen LogP contribution is -2.32. The lowest BCUT2D eigenvalue weighted by molar-refractivity contribution is 0.455. The fourth-order valence-corrected chi connectivity index (χ4v) is 5.04. The van der Waals surface area contributed by atoms with Gasteiger partial charge in [-0.3, -0.25) is 0 Å². The van der Waals surface area contributed by atoms with Crippen molar-refractivity contribution in [1.82, 2.24) is 4.58 Å². The van der Waals surface area contributed by atoms with E-state index < -0.39 is 0 Å². The number of thioether (sulfide) groups is 1. The normalized spacial score (nSPS) is 17.8. The Morgan fingerprint density at radius 1 is 1.23 bits per heavy atom. The molecule has 0 aromatic carbocycles. The summed E-state index contributed by atoms with van der Waals surface area (Å²) in [4.78, 5) is 0. The van der Waals surface area contributed by atoms with Gasteiger partial charge in [-0.15, -0.1) is 11.8 Å². The first-order valence-electron chi connectivity index (χ1n) is 4.62. The highest BCUT2D eigenvalue weighted by molar-refractivity contribution is 8.02. The molecule has 1 saturated heterocycles. The van der Waals surface area contributed by atoms with E-state index in [-0.39, 0.29) is 0 Å². The molecule has 0 radical (unpaired) electrons. The molecule has 0 aliphatic carbocycles. The van der Waals surface area contributed by atoms with Gasteiger partial charge in [-0.25, -0.2) is 4.58 Å². The lowest BCUT2D eigenvalue weighted by atomic mass is 10.2. The van der Waals surface area contributed by atoms with Crippen molar-refractivity contribution in [2.75, 3.05) is 19.3 Å². The van der Waals surface area contributed by atoms with Crippen LogP contribution >= 0.6 is 32.4 Å². The molecule has 2 heterocycles. The van der Waals surface area contributed by atoms with Crippen molar-refractivity contribution in [1.29, 1.82) is 0 Å². The van der Waals surface area contributed by atoms with Gasteiger partial charge in [0.1, 0.15) is 13.1 Å². The van der Waals surface area contributed by atoms with E-state index in [0.29, 0.717) is 0 Å². The number of rotatable bonds is 1. The number of piperidine rings is 1. The second-order valence-corrected chi connectivity index (χ2v) is 6.52. The standard InChI is InChI=1S/C9H14NS3/c1-11-9-7-8(12-13-9)10-5-3-2-4-6-10/h7H,2-6H2,1H3/q+1. The molecule has 0 saturated carbocycles. The zero-order chi connectivity index (χ0) is 9.10. The minimum atomic E-state index is 1.26. The zero-order valence-corrected chi connectivity index (χ0v) is 10.2. The number of hydrogen-bond donors (Lipinski definition) is 0. The van der Waals surface area contributed by atoms with E-state index in [1.54, 1.807) is 0 Å². The fourth-order valence-electron chi connectivity index (χ4n) is 1.58. The Labute approximate surface area is 90.5 Å². The number of nitrogens with zero attached hydrogens (tertiary/aromatic N) is 1. The molecule has 4 heteroatoms. The highest BCUT2D eigenvalue weighted by atomic mass is 32.9. The first-order valence-corrected chi connectivity index (χ1v) is 8.00. The van der Waals surface area contributed by atoms with Crippen LogP contribution in [-0.2, 0) is 0 Å². The summed E-state index contributed by atoms with van der Waals surface area (Å²) in [5, 5.41) is 0. The van der Waals surface area contributed by atoms with Gasteiger partial charge in [-0.1, -0.05) is 10.3 Å². The molecule has 1 aromatic rings. The van der Waals surface area contributed by atoms with Crippen molar-refractivity contribution in [3.63, 3.8) is 0 Å². The summed E-state index contributed by atoms with van der Waals surface area (Å²) < 4.78 is 5.46. The second kappa shape index (κ2) is 4.62. The van der Waals surface area contributed by atoms with Gasteiger partial charge in [-0.05, 0) is 23.0 Å². The maximum atomic E-state index is 2.53. The van der Waals surface area contributed by atoms with Crippen molar-refractivity contribution in [3.05, 3.63) is 10.7 Å². The first-order chi connectivity index (χ1) is 6.40. The highest BCUT2D eigenvalue weighted by Gasteiger charge is 2.12. The van der Waals surface area contributed by atoms with Crippen LogP contribution in [-0.4, -0.2) is 19.3 Å². The predicted octanol–water partition coefficient (Wildman–Crippen LogP) is 2.49. The third-order valence-corrected chi connectivity index (χ3v) is 6.12. The topological polar surface area (TPSA) is 3.01 Å². The Morgan fingerprint density at radius 3 is 2.62 bits per heavy atom. The van der Waals surface area contributed by atoms with E-state index in [2.05, 4.69) is 16.9 Å². The molecular weight excluding hydrogens is 218 g/mol. The van der Waals surface area contributed by atoms with Gasteiger partial charge < -0.3 is 0 Å². The minimum Gasteiger partial charge on any atom is -0.220 e. The van der Waals surface area contributed by atoms with Gasteiger partial charge in [0.05, 0.1) is 4.21 Å². The van der Waals surface area contributed by atoms with Crippen LogP contribution in [0.3, 0.4) is 0 Å². The third-order valence-electron chi connectivity index (χ3n) is 2.32. The van der Waals surface area contributed by atoms with Gasteiger partial charge in [0, 0.05) is 18.9 Å². The molecular formula is C9H14NS3+. The van der Waals surface area contributed by atoms with Crippen molar-refractivity contribution in [2.45, 2.75) is 23.5 Å². The molecule has 1 aromatic heterocycles. The van der Waals surface area contributed by atoms with Crippen LogP contribution in [0.15, 0.2) is 10.3 Å². The Balaban J connectivity index is 2.29. The molecule has 1 aliphatic rings. The molecule has 1 fully saturated rings. The summed E-state index contributed by atoms with van der Waals surface area (Å²) in [7, 11) is 3.83. The van der Waals surface area contributed by atoms with Crippen molar-refractivity contribution >= 4 is 32.4 Å². The summed E-state index contributed by atoms with van der Waals surface area (Å²) in [5.74, 6) is 0. The SMILES string of the molecule is CSc1cc(=[N+]2CCCCC2)ss1. The number of hydrogen-bond acceptors (Lipinski definition) is 3. The molecule has 0 N–H and O–H groups in total. The zero-order valence-electron chi connectivity index (χ0n) is 7.78. The van der Waals surface area contributed by atoms with Gasteiger partial charge in [-0.2, -0.15) is 0 Å². The van der Waals surface area contributed by atoms with Crippen LogP contribution in [0.5, 0.6) is 0 Å². The third kappa shape index (κ3) is 2.36. The Morgan fingerprint density at radius 2 is 2.00 bits per heavy atom. The van der Waals surface area contributed by atoms with E-state index in [1.165, 1.54) is 41.2 Å². The van der Waals surface area contributed by atoms with Gasteiger partial charge >= 0.3 is 0 Å². The van der Waals surface area contributed by atoms with E-state index >= 15 is 0 Å². The highest BCUT2D eigenvalue weighted by Crippen LogP contribution is 2.21. The predicted molar refractivity (Wildman–Crippen MR) is 62.8 cm³/mol. The Kier molecular flexibility index (Phi) is 3.46. The van der Waals surface area contributed by atoms with Crippen molar-refractivity contribution in [3.8, 4) is 0 Å². The van der Waals surface area contributed by atoms with Crippen LogP contribution < -0.4 is 9.25 Å². The smallest absolute Gasteiger partial charge is 0.220 e. The van der Waals surface area contributed by atoms with Gasteiger partial charge in [0.2, 0.25) is 0 Å². The Hall–Kier alpha value is 0.200. The maximum Gasteiger partial charge on any atom is 0.268 e. The van der Waals surface area contributed by atoms with Crippen LogP contribution in [0, 0.1) is 0 Å². The molecule has 1 aliphatic heterocycles. The average molecular weight is 232 g/mol. The summed E-state index contributed by atoms with van der Waals surface area (Å²) in [5.41, 5.74) is 0. The monoisotopic (exact) mass is 232 g/mol. The first kappa shape index (κ1) is 9.74. The molecule has 0 atom stereocenters. The molecule has 72 valence electrons. The summed E-state index contributed by atoms with van der Waals surface area (Å²) >= 11 is 1.86. The van der Waals surface area contributed by atoms with Crippen LogP contribution in [0.25, 0.3) is 0 Å². The van der Waals surface area contributed by atoms with Gasteiger partial charge in [0.25, 0.3) is 4.67 Å². The molecule has 0 amide bonds. The molecule has 2 rings (SSSR count). The lowest BCUT2D eigenvalue weighted by Gasteiger charge is -2.07. The molecule has 0 spiro atoms. The van der Waals surface area contributed by atoms with E-state index in [1.807, 2.05) is 32.4 Å². The summed E-state index contributed by atoms with van der Waals surface area (Å²) in [6.45, 7) is 2.53. The van der Waals surface area contributed by atoms with Crippen LogP contribution in [0.2, 0.25) is 0 Å². The summed E-state index contributed by atoms with van der Waals surface area (Å²) in [6, 6.07) is 2.34. The molecule has 0 unspecified atom stereocenters. The van der Waals surface area contributed by atoms with Crippen LogP contribution in [0.1, 0.15) is 19.3 Å². The minimum absolute atomic E-state index is 1.26. The fraction of sp³-hybridized carbons (Fsp3) is 0.667. The largest absolute Gasteiger partial charge is 0.268 e. The van der Waals surface area contributed by atoms with Gasteiger partial charge in [0.15, 0.2) is 0 Å². The summed E-state index contributed by atoms with van der Waals surface area (Å²) in [6.07, 6.45) is 6.31. The molecule has 0 bridgehead atoms.